The van der Waals surface area contributed by atoms with Crippen molar-refractivity contribution in [3.63, 3.8) is 0 Å². The molecule has 1 heterocycles. The van der Waals surface area contributed by atoms with Gasteiger partial charge < -0.3 is 25.8 Å². The first-order valence-electron chi connectivity index (χ1n) is 16.6. The molecule has 3 aromatic rings. The van der Waals surface area contributed by atoms with Crippen LogP contribution in [-0.4, -0.2) is 51.8 Å². The molecule has 4 N–H and O–H groups in total. The van der Waals surface area contributed by atoms with Gasteiger partial charge in [-0.15, -0.1) is 46.1 Å². The van der Waals surface area contributed by atoms with Crippen LogP contribution in [0, 0.1) is 5.92 Å². The monoisotopic (exact) mass is 782 g/mol. The van der Waals surface area contributed by atoms with Gasteiger partial charge in [0.2, 0.25) is 0 Å². The molecular weight excluding hydrogens is 739 g/mol. The second-order valence-corrected chi connectivity index (χ2v) is 14.2. The Balaban J connectivity index is 0.000000236. The number of alkyl halides is 3. The van der Waals surface area contributed by atoms with Gasteiger partial charge in [-0.2, -0.15) is 0 Å². The van der Waals surface area contributed by atoms with Gasteiger partial charge in [0, 0.05) is 29.3 Å². The van der Waals surface area contributed by atoms with Crippen molar-refractivity contribution < 1.29 is 23.9 Å². The molecule has 2 saturated carbocycles. The van der Waals surface area contributed by atoms with Gasteiger partial charge in [0.15, 0.2) is 5.78 Å². The number of thiazole rings is 1. The number of carbonyl (C=O) groups is 3. The first kappa shape index (κ1) is 41.5. The van der Waals surface area contributed by atoms with E-state index in [4.69, 9.17) is 62.2 Å². The second-order valence-electron chi connectivity index (χ2n) is 12.0. The van der Waals surface area contributed by atoms with Gasteiger partial charge in [-0.1, -0.05) is 72.9 Å². The number of rotatable bonds is 11. The number of benzene rings is 2. The first-order chi connectivity index (χ1) is 24.2. The number of aromatic nitrogens is 1. The average molecular weight is 784 g/mol. The largest absolute Gasteiger partial charge is 0.445 e. The molecule has 2 aliphatic rings. The van der Waals surface area contributed by atoms with E-state index in [1.54, 1.807) is 11.3 Å². The highest BCUT2D eigenvalue weighted by atomic mass is 35.5. The van der Waals surface area contributed by atoms with Gasteiger partial charge in [-0.3, -0.25) is 4.79 Å². The third-order valence-electron chi connectivity index (χ3n) is 8.28. The lowest BCUT2D eigenvalue weighted by Gasteiger charge is -2.28. The highest BCUT2D eigenvalue weighted by Crippen LogP contribution is 2.34. The number of halogens is 3. The van der Waals surface area contributed by atoms with Crippen molar-refractivity contribution in [2.24, 2.45) is 11.7 Å². The van der Waals surface area contributed by atoms with E-state index in [0.717, 1.165) is 68.2 Å². The molecule has 14 heteroatoms. The van der Waals surface area contributed by atoms with E-state index < -0.39 is 0 Å². The summed E-state index contributed by atoms with van der Waals surface area (Å²) in [6, 6.07) is 19.7. The number of ketones is 1. The summed E-state index contributed by atoms with van der Waals surface area (Å²) in [6.07, 6.45) is 7.01. The third kappa shape index (κ3) is 15.9. The molecule has 0 spiro atoms. The number of amides is 2. The minimum absolute atomic E-state index is 0.0312. The Morgan fingerprint density at radius 3 is 1.60 bits per heavy atom. The van der Waals surface area contributed by atoms with E-state index in [2.05, 4.69) is 15.6 Å². The number of hydrogen-bond donors (Lipinski definition) is 3. The predicted octanol–water partition coefficient (Wildman–Crippen LogP) is 8.63. The highest BCUT2D eigenvalue weighted by Gasteiger charge is 2.26. The first-order valence-corrected chi connectivity index (χ1v) is 19.5. The molecule has 272 valence electrons. The standard InChI is InChI=1S/C18H21ClN2O2S.C15H20N2O2S.C3H4Cl2O/c19-10-16-12-24-17(20-16)14-6-8-15(9-7-14)21-18(22)23-11-13-4-2-1-3-5-13;16-14(20)12-6-8-13(9-7-12)17-15(18)19-10-11-4-2-1-3-5-11;4-1-3(6)2-5/h1-5,12,14-15H,6-11H2,(H,21,22);1-5,12-13H,6-10H2,(H2,16,20)(H,17,18);1-2H2. The van der Waals surface area contributed by atoms with E-state index in [-0.39, 0.29) is 41.8 Å². The van der Waals surface area contributed by atoms with Crippen LogP contribution in [-0.2, 0) is 33.4 Å². The zero-order valence-corrected chi connectivity index (χ0v) is 31.8. The minimum Gasteiger partial charge on any atom is -0.445 e. The fourth-order valence-electron chi connectivity index (χ4n) is 5.48. The van der Waals surface area contributed by atoms with E-state index in [1.807, 2.05) is 66.0 Å². The second kappa shape index (κ2) is 23.5. The highest BCUT2D eigenvalue weighted by molar-refractivity contribution is 7.80. The summed E-state index contributed by atoms with van der Waals surface area (Å²) >= 11 is 22.5. The van der Waals surface area contributed by atoms with E-state index in [1.165, 1.54) is 5.01 Å². The molecule has 2 aliphatic carbocycles. The molecule has 9 nitrogen and oxygen atoms in total. The maximum absolute atomic E-state index is 11.9. The molecule has 2 aromatic carbocycles. The zero-order chi connectivity index (χ0) is 36.1. The van der Waals surface area contributed by atoms with Crippen LogP contribution in [0.2, 0.25) is 0 Å². The summed E-state index contributed by atoms with van der Waals surface area (Å²) in [6.45, 7) is 0.608. The summed E-state index contributed by atoms with van der Waals surface area (Å²) < 4.78 is 10.5. The normalized spacial score (nSPS) is 19.7. The summed E-state index contributed by atoms with van der Waals surface area (Å²) in [7, 11) is 0. The predicted molar refractivity (Wildman–Crippen MR) is 205 cm³/mol. The summed E-state index contributed by atoms with van der Waals surface area (Å²) in [5.41, 5.74) is 8.59. The van der Waals surface area contributed by atoms with Crippen molar-refractivity contribution in [3.05, 3.63) is 87.9 Å². The Hall–Kier alpha value is -2.96. The number of nitrogens with zero attached hydrogens (tertiary/aromatic N) is 1. The molecule has 1 aromatic heterocycles. The number of thiocarbonyl (C=S) groups is 1. The molecule has 2 fully saturated rings. The minimum atomic E-state index is -0.354. The number of nitrogens with one attached hydrogen (secondary N) is 2. The van der Waals surface area contributed by atoms with Crippen molar-refractivity contribution >= 4 is 81.3 Å². The number of nitrogens with two attached hydrogens (primary N) is 1. The summed E-state index contributed by atoms with van der Waals surface area (Å²) in [5, 5.41) is 9.09. The average Bonchev–Trinajstić information content (AvgIpc) is 3.64. The van der Waals surface area contributed by atoms with Crippen LogP contribution in [0.1, 0.15) is 79.1 Å². The Morgan fingerprint density at radius 2 is 1.22 bits per heavy atom. The van der Waals surface area contributed by atoms with Crippen LogP contribution >= 0.6 is 58.4 Å². The fraction of sp³-hybridized carbons (Fsp3) is 0.472. The van der Waals surface area contributed by atoms with Crippen LogP contribution in [0.3, 0.4) is 0 Å². The molecule has 0 saturated heterocycles. The number of ether oxygens (including phenoxy) is 2. The van der Waals surface area contributed by atoms with Gasteiger partial charge in [0.25, 0.3) is 0 Å². The topological polar surface area (TPSA) is 133 Å². The lowest BCUT2D eigenvalue weighted by Crippen LogP contribution is -2.39. The van der Waals surface area contributed by atoms with Crippen molar-refractivity contribution in [3.8, 4) is 0 Å². The zero-order valence-electron chi connectivity index (χ0n) is 27.9. The quantitative estimate of drug-likeness (QED) is 0.130. The molecule has 0 aliphatic heterocycles. The fourth-order valence-corrected chi connectivity index (χ4v) is 7.22. The Kier molecular flexibility index (Phi) is 19.5. The van der Waals surface area contributed by atoms with Crippen LogP contribution < -0.4 is 16.4 Å². The van der Waals surface area contributed by atoms with Gasteiger partial charge in [0.05, 0.1) is 33.3 Å². The maximum atomic E-state index is 11.9. The van der Waals surface area contributed by atoms with Crippen molar-refractivity contribution in [1.82, 2.24) is 15.6 Å². The molecule has 50 heavy (non-hydrogen) atoms. The summed E-state index contributed by atoms with van der Waals surface area (Å²) in [5.74, 6) is 1.22. The lowest BCUT2D eigenvalue weighted by atomic mass is 9.86. The van der Waals surface area contributed by atoms with Crippen molar-refractivity contribution in [1.29, 1.82) is 0 Å². The number of carbonyl (C=O) groups excluding carboxylic acids is 3. The maximum Gasteiger partial charge on any atom is 0.407 e. The molecule has 0 radical (unpaired) electrons. The smallest absolute Gasteiger partial charge is 0.407 e. The molecule has 0 unspecified atom stereocenters. The van der Waals surface area contributed by atoms with Crippen molar-refractivity contribution in [2.75, 3.05) is 11.8 Å². The van der Waals surface area contributed by atoms with E-state index in [0.29, 0.717) is 35.9 Å². The van der Waals surface area contributed by atoms with Crippen LogP contribution in [0.25, 0.3) is 0 Å². The Bertz CT molecular complexity index is 1450. The van der Waals surface area contributed by atoms with Gasteiger partial charge in [-0.25, -0.2) is 14.6 Å². The van der Waals surface area contributed by atoms with Crippen LogP contribution in [0.4, 0.5) is 9.59 Å². The number of hydrogen-bond acceptors (Lipinski definition) is 8. The molecule has 2 amide bonds. The summed E-state index contributed by atoms with van der Waals surface area (Å²) in [4.78, 5) is 38.7. The van der Waals surface area contributed by atoms with Gasteiger partial charge in [-0.05, 0) is 62.5 Å². The SMILES string of the molecule is NC(=S)C1CCC(NC(=O)OCc2ccccc2)CC1.O=C(CCl)CCl.O=C(NC1CCC(c2nc(CCl)cs2)CC1)OCc1ccccc1. The lowest BCUT2D eigenvalue weighted by molar-refractivity contribution is -0.114. The van der Waals surface area contributed by atoms with E-state index in [9.17, 15) is 14.4 Å². The molecular formula is C36H45Cl3N4O5S2. The van der Waals surface area contributed by atoms with Gasteiger partial charge >= 0.3 is 12.2 Å². The van der Waals surface area contributed by atoms with Gasteiger partial charge in [0.1, 0.15) is 13.2 Å². The third-order valence-corrected chi connectivity index (χ3v) is 10.5. The number of alkyl carbamates (subject to hydrolysis) is 2. The molecule has 5 rings (SSSR count). The van der Waals surface area contributed by atoms with Crippen molar-refractivity contribution in [2.45, 2.75) is 88.5 Å². The van der Waals surface area contributed by atoms with Crippen LogP contribution in [0.5, 0.6) is 0 Å². The van der Waals surface area contributed by atoms with Crippen LogP contribution in [0.15, 0.2) is 66.0 Å². The van der Waals surface area contributed by atoms with E-state index >= 15 is 0 Å². The molecule has 0 bridgehead atoms. The Labute approximate surface area is 318 Å². The molecule has 0 atom stereocenters. The number of Topliss-reactive ketones (excluding diaryl/α,β-unsaturated/α-hetero) is 1. The Morgan fingerprint density at radius 1 is 0.760 bits per heavy atom.